The fraction of sp³-hybridized carbons (Fsp3) is 0.333. The van der Waals surface area contributed by atoms with Crippen molar-refractivity contribution in [1.29, 1.82) is 0 Å². The zero-order valence-electron chi connectivity index (χ0n) is 22.7. The molecule has 4 rings (SSSR count). The maximum Gasteiger partial charge on any atom is 0.310 e. The Kier molecular flexibility index (Phi) is 9.79. The minimum Gasteiger partial charge on any atom is -0.484 e. The summed E-state index contributed by atoms with van der Waals surface area (Å²) in [6.45, 7) is 4.52. The van der Waals surface area contributed by atoms with E-state index in [1.54, 1.807) is 50.2 Å². The summed E-state index contributed by atoms with van der Waals surface area (Å²) >= 11 is 0. The van der Waals surface area contributed by atoms with Crippen LogP contribution in [0.3, 0.4) is 0 Å². The Morgan fingerprint density at radius 2 is 1.73 bits per heavy atom. The molecule has 3 aromatic carbocycles. The maximum absolute atomic E-state index is 13.8. The summed E-state index contributed by atoms with van der Waals surface area (Å²) in [6, 6.07) is 22.5. The lowest BCUT2D eigenvalue weighted by molar-refractivity contribution is -0.148. The van der Waals surface area contributed by atoms with Crippen LogP contribution in [0.25, 0.3) is 0 Å². The molecule has 0 radical (unpaired) electrons. The number of nitrogens with one attached hydrogen (secondary N) is 2. The highest BCUT2D eigenvalue weighted by atomic mass is 32.2. The number of hydrogen-bond donors (Lipinski definition) is 2. The molecule has 1 aliphatic heterocycles. The first kappa shape index (κ1) is 29.1. The number of anilines is 2. The Labute approximate surface area is 235 Å². The number of piperidine rings is 1. The van der Waals surface area contributed by atoms with Crippen LogP contribution in [-0.4, -0.2) is 46.6 Å². The van der Waals surface area contributed by atoms with Crippen molar-refractivity contribution in [3.63, 3.8) is 0 Å². The molecule has 212 valence electrons. The number of benzene rings is 3. The van der Waals surface area contributed by atoms with Gasteiger partial charge in [-0.15, -0.1) is 0 Å². The quantitative estimate of drug-likeness (QED) is 0.329. The monoisotopic (exact) mass is 565 g/mol. The number of carbonyl (C=O) groups excluding carboxylic acids is 2. The Bertz CT molecular complexity index is 1400. The van der Waals surface area contributed by atoms with Crippen molar-refractivity contribution in [2.24, 2.45) is 5.92 Å². The Balaban J connectivity index is 1.60. The highest BCUT2D eigenvalue weighted by molar-refractivity contribution is 7.89. The van der Waals surface area contributed by atoms with Crippen LogP contribution >= 0.6 is 0 Å². The van der Waals surface area contributed by atoms with Gasteiger partial charge < -0.3 is 19.7 Å². The van der Waals surface area contributed by atoms with Crippen molar-refractivity contribution in [1.82, 2.24) is 4.72 Å². The number of sulfonamides is 1. The van der Waals surface area contributed by atoms with Gasteiger partial charge in [0.25, 0.3) is 5.91 Å². The summed E-state index contributed by atoms with van der Waals surface area (Å²) in [4.78, 5) is 27.0. The summed E-state index contributed by atoms with van der Waals surface area (Å²) < 4.78 is 41.1. The highest BCUT2D eigenvalue weighted by Crippen LogP contribution is 2.33. The number of esters is 1. The lowest BCUT2D eigenvalue weighted by atomic mass is 9.97. The minimum atomic E-state index is -4.04. The van der Waals surface area contributed by atoms with E-state index in [1.807, 2.05) is 41.3 Å². The van der Waals surface area contributed by atoms with E-state index in [4.69, 9.17) is 9.47 Å². The molecule has 0 spiro atoms. The average molecular weight is 566 g/mol. The summed E-state index contributed by atoms with van der Waals surface area (Å²) in [5.74, 6) is -0.507. The standard InChI is InChI=1S/C30H35N3O6S/c1-3-38-30(35)24-13-10-18-33(20-24)27-17-16-25(31-29(34)21-39-26-14-8-5-9-15-26)19-28(27)40(36,37)32-22(2)23-11-6-4-7-12-23/h4-9,11-12,14-17,19,22,24,32H,3,10,13,18,20-21H2,1-2H3,(H,31,34)/t22-,24-/m1/s1. The molecule has 1 amide bonds. The topological polar surface area (TPSA) is 114 Å². The average Bonchev–Trinajstić information content (AvgIpc) is 2.97. The number of para-hydroxylation sites is 1. The van der Waals surface area contributed by atoms with E-state index in [2.05, 4.69) is 10.0 Å². The molecule has 40 heavy (non-hydrogen) atoms. The summed E-state index contributed by atoms with van der Waals surface area (Å²) in [5.41, 5.74) is 1.59. The first-order valence-electron chi connectivity index (χ1n) is 13.4. The third kappa shape index (κ3) is 7.61. The van der Waals surface area contributed by atoms with Crippen LogP contribution in [0.15, 0.2) is 83.8 Å². The zero-order valence-corrected chi connectivity index (χ0v) is 23.5. The van der Waals surface area contributed by atoms with E-state index in [0.717, 1.165) is 5.56 Å². The molecule has 0 unspecified atom stereocenters. The van der Waals surface area contributed by atoms with Gasteiger partial charge in [0.15, 0.2) is 6.61 Å². The molecule has 0 aliphatic carbocycles. The molecule has 0 bridgehead atoms. The number of carbonyl (C=O) groups is 2. The van der Waals surface area contributed by atoms with Crippen LogP contribution < -0.4 is 19.7 Å². The van der Waals surface area contributed by atoms with Crippen molar-refractivity contribution in [3.8, 4) is 5.75 Å². The van der Waals surface area contributed by atoms with E-state index < -0.39 is 22.0 Å². The van der Waals surface area contributed by atoms with Crippen LogP contribution in [0, 0.1) is 5.92 Å². The second kappa shape index (κ2) is 13.5. The molecule has 1 aliphatic rings. The molecular formula is C30H35N3O6S. The van der Waals surface area contributed by atoms with Crippen molar-refractivity contribution in [3.05, 3.63) is 84.4 Å². The summed E-state index contributed by atoms with van der Waals surface area (Å²) in [7, 11) is -4.04. The molecule has 3 aromatic rings. The lowest BCUT2D eigenvalue weighted by Gasteiger charge is -2.34. The Morgan fingerprint density at radius 1 is 1.02 bits per heavy atom. The molecule has 2 atom stereocenters. The Hall–Kier alpha value is -3.89. The predicted molar refractivity (Wildman–Crippen MR) is 154 cm³/mol. The molecular weight excluding hydrogens is 530 g/mol. The fourth-order valence-electron chi connectivity index (χ4n) is 4.69. The van der Waals surface area contributed by atoms with E-state index >= 15 is 0 Å². The third-order valence-electron chi connectivity index (χ3n) is 6.66. The molecule has 1 fully saturated rings. The molecule has 2 N–H and O–H groups in total. The predicted octanol–water partition coefficient (Wildman–Crippen LogP) is 4.52. The first-order chi connectivity index (χ1) is 19.3. The van der Waals surface area contributed by atoms with Gasteiger partial charge >= 0.3 is 5.97 Å². The van der Waals surface area contributed by atoms with E-state index in [-0.39, 0.29) is 23.4 Å². The van der Waals surface area contributed by atoms with Crippen molar-refractivity contribution < 1.29 is 27.5 Å². The number of hydrogen-bond acceptors (Lipinski definition) is 7. The largest absolute Gasteiger partial charge is 0.484 e. The van der Waals surface area contributed by atoms with Crippen LogP contribution in [0.4, 0.5) is 11.4 Å². The van der Waals surface area contributed by atoms with Gasteiger partial charge in [-0.2, -0.15) is 0 Å². The second-order valence-electron chi connectivity index (χ2n) is 9.62. The maximum atomic E-state index is 13.8. The molecule has 0 aromatic heterocycles. The Morgan fingerprint density at radius 3 is 2.42 bits per heavy atom. The normalized spacial score (nSPS) is 16.1. The van der Waals surface area contributed by atoms with Crippen LogP contribution in [-0.2, 0) is 24.3 Å². The van der Waals surface area contributed by atoms with Gasteiger partial charge in [-0.3, -0.25) is 9.59 Å². The summed E-state index contributed by atoms with van der Waals surface area (Å²) in [6.07, 6.45) is 1.39. The smallest absolute Gasteiger partial charge is 0.310 e. The molecule has 1 heterocycles. The fourth-order valence-corrected chi connectivity index (χ4v) is 6.17. The highest BCUT2D eigenvalue weighted by Gasteiger charge is 2.31. The van der Waals surface area contributed by atoms with Gasteiger partial charge in [0.1, 0.15) is 10.6 Å². The third-order valence-corrected chi connectivity index (χ3v) is 8.23. The number of ether oxygens (including phenoxy) is 2. The van der Waals surface area contributed by atoms with Gasteiger partial charge in [0.2, 0.25) is 10.0 Å². The van der Waals surface area contributed by atoms with Crippen molar-refractivity contribution in [2.45, 2.75) is 37.6 Å². The molecule has 9 nitrogen and oxygen atoms in total. The van der Waals surface area contributed by atoms with Crippen LogP contribution in [0.5, 0.6) is 5.75 Å². The van der Waals surface area contributed by atoms with Crippen LogP contribution in [0.1, 0.15) is 38.3 Å². The molecule has 0 saturated carbocycles. The number of nitrogens with zero attached hydrogens (tertiary/aromatic N) is 1. The van der Waals surface area contributed by atoms with Crippen molar-refractivity contribution >= 4 is 33.3 Å². The van der Waals surface area contributed by atoms with Gasteiger partial charge in [-0.05, 0) is 62.6 Å². The lowest BCUT2D eigenvalue weighted by Crippen LogP contribution is -2.40. The van der Waals surface area contributed by atoms with E-state index in [9.17, 15) is 18.0 Å². The van der Waals surface area contributed by atoms with Crippen LogP contribution in [0.2, 0.25) is 0 Å². The van der Waals surface area contributed by atoms with Gasteiger partial charge in [0, 0.05) is 24.8 Å². The van der Waals surface area contributed by atoms with Gasteiger partial charge in [0.05, 0.1) is 18.2 Å². The van der Waals surface area contributed by atoms with E-state index in [0.29, 0.717) is 49.7 Å². The molecule has 10 heteroatoms. The van der Waals surface area contributed by atoms with Gasteiger partial charge in [-0.1, -0.05) is 48.5 Å². The number of amides is 1. The number of rotatable bonds is 11. The zero-order chi connectivity index (χ0) is 28.5. The SMILES string of the molecule is CCOC(=O)[C@@H]1CCCN(c2ccc(NC(=O)COc3ccccc3)cc2S(=O)(=O)N[C@H](C)c2ccccc2)C1. The second-order valence-corrected chi connectivity index (χ2v) is 11.3. The van der Waals surface area contributed by atoms with E-state index in [1.165, 1.54) is 6.07 Å². The summed E-state index contributed by atoms with van der Waals surface area (Å²) in [5, 5.41) is 2.73. The van der Waals surface area contributed by atoms with Crippen molar-refractivity contribution in [2.75, 3.05) is 36.5 Å². The minimum absolute atomic E-state index is 0.0153. The first-order valence-corrected chi connectivity index (χ1v) is 14.9. The van der Waals surface area contributed by atoms with Gasteiger partial charge in [-0.25, -0.2) is 13.1 Å². The molecule has 1 saturated heterocycles.